The number of aromatic hydroxyl groups is 1. The Morgan fingerprint density at radius 2 is 1.65 bits per heavy atom. The number of amides is 1. The molecule has 83 heavy (non-hydrogen) atoms. The van der Waals surface area contributed by atoms with Crippen LogP contribution in [-0.4, -0.2) is 103 Å². The summed E-state index contributed by atoms with van der Waals surface area (Å²) in [7, 11) is 0. The molecule has 8 rings (SSSR count). The Kier molecular flexibility index (Phi) is 21.0. The fourth-order valence-electron chi connectivity index (χ4n) is 14.0. The standard InChI is InChI=1S/C68H88N6O9/c1-41(12-8-16-44-14-6-5-7-15-44)22-29-58(78)42(2)13-9-20-49(40-75)53-31-33-68(63(53)81)57-28-27-51(77)35-45-17-10-18-46(34-45)36-55(56(38-73-66(70)71)47-23-25-50(76)26-24-47)60(80)39-72-62-61-48(19-11-21-54(61)64(69)74-65(62)82)37-59(79)43(3)52(57)30-32-67(68,4)83/h5-7,9-11,13-15,17-26,34,51,53,55-58,60,62-64,72,75-78,80-81,83H,2,8,12,16,27-33,35-40,69H2,1,3-4H3,(H,74,82)(H4,70,71,73)/b13-9+,41-22-,49-20-,52-43+/t51-,53+,55+,56+,57+,58+,60+,62+,63+,64-,67+,68+/m0/s1. The van der Waals surface area contributed by atoms with E-state index in [0.717, 1.165) is 41.5 Å². The second-order valence-electron chi connectivity index (χ2n) is 24.1. The predicted molar refractivity (Wildman–Crippen MR) is 326 cm³/mol. The molecule has 2 heterocycles. The van der Waals surface area contributed by atoms with Crippen LogP contribution in [0, 0.1) is 23.2 Å². The molecule has 4 aliphatic rings. The van der Waals surface area contributed by atoms with Gasteiger partial charge in [-0.3, -0.25) is 19.9 Å². The number of fused-ring (bicyclic) bond motifs is 4. The fourth-order valence-corrected chi connectivity index (χ4v) is 14.0. The second-order valence-corrected chi connectivity index (χ2v) is 24.1. The first kappa shape index (κ1) is 62.5. The van der Waals surface area contributed by atoms with Crippen LogP contribution in [0.4, 0.5) is 0 Å². The van der Waals surface area contributed by atoms with Gasteiger partial charge >= 0.3 is 0 Å². The summed E-state index contributed by atoms with van der Waals surface area (Å²) in [6.45, 7) is 9.45. The van der Waals surface area contributed by atoms with Crippen molar-refractivity contribution in [2.75, 3.05) is 19.7 Å². The number of hydrogen-bond donors (Lipinski definition) is 12. The van der Waals surface area contributed by atoms with Crippen molar-refractivity contribution in [2.24, 2.45) is 45.4 Å². The molecule has 0 aromatic heterocycles. The number of aliphatic imine (C=N–C) groups is 1. The molecular weight excluding hydrogens is 1040 g/mol. The summed E-state index contributed by atoms with van der Waals surface area (Å²) in [4.78, 5) is 33.7. The minimum absolute atomic E-state index is 0.0655. The van der Waals surface area contributed by atoms with Crippen LogP contribution in [0.25, 0.3) is 0 Å². The van der Waals surface area contributed by atoms with Crippen LogP contribution in [0.3, 0.4) is 0 Å². The number of phenolic OH excluding ortho intramolecular Hbond substituents is 1. The molecule has 2 bridgehead atoms. The Bertz CT molecular complexity index is 3070. The number of aliphatic hydroxyl groups excluding tert-OH is 5. The number of β-amino-alcohol motifs (C(OH)–C–C–N with tert-alkyl or cyclic N) is 1. The maximum absolute atomic E-state index is 15.1. The van der Waals surface area contributed by atoms with Gasteiger partial charge in [-0.1, -0.05) is 127 Å². The lowest BCUT2D eigenvalue weighted by atomic mass is 9.52. The van der Waals surface area contributed by atoms with Crippen LogP contribution >= 0.6 is 0 Å². The van der Waals surface area contributed by atoms with Gasteiger partial charge in [0.25, 0.3) is 0 Å². The average Bonchev–Trinajstić information content (AvgIpc) is 1.91. The Hall–Kier alpha value is -6.53. The summed E-state index contributed by atoms with van der Waals surface area (Å²) < 4.78 is 0. The number of nitrogens with zero attached hydrogens (tertiary/aromatic N) is 1. The Morgan fingerprint density at radius 3 is 2.37 bits per heavy atom. The number of benzene rings is 4. The number of hydrogen-bond acceptors (Lipinski definition) is 12. The molecule has 2 saturated carbocycles. The number of carbonyl (C=O) groups is 2. The van der Waals surface area contributed by atoms with Crippen LogP contribution in [0.2, 0.25) is 0 Å². The van der Waals surface area contributed by atoms with Crippen molar-refractivity contribution in [1.82, 2.24) is 10.6 Å². The number of rotatable bonds is 15. The number of carbonyl (C=O) groups excluding carboxylic acids is 2. The molecule has 1 spiro atoms. The number of Topliss-reactive ketones (excluding diaryl/α,β-unsaturated/α-hetero) is 1. The van der Waals surface area contributed by atoms with Gasteiger partial charge in [-0.25, -0.2) is 0 Å². The molecule has 15 nitrogen and oxygen atoms in total. The fraction of sp³-hybridized carbons (Fsp3) is 0.456. The van der Waals surface area contributed by atoms with E-state index in [9.17, 15) is 40.5 Å². The van der Waals surface area contributed by atoms with Crippen molar-refractivity contribution in [3.8, 4) is 5.75 Å². The van der Waals surface area contributed by atoms with E-state index < -0.39 is 77.2 Å². The van der Waals surface area contributed by atoms with Gasteiger partial charge in [-0.05, 0) is 177 Å². The number of allylic oxidation sites excluding steroid dienone is 5. The summed E-state index contributed by atoms with van der Waals surface area (Å²) in [6.07, 6.45) is 8.28. The van der Waals surface area contributed by atoms with Crippen LogP contribution < -0.4 is 27.8 Å². The Labute approximate surface area is 489 Å². The van der Waals surface area contributed by atoms with Gasteiger partial charge in [0.15, 0.2) is 11.7 Å². The first-order valence-corrected chi connectivity index (χ1v) is 29.6. The third kappa shape index (κ3) is 14.7. The molecule has 0 saturated heterocycles. The second kappa shape index (κ2) is 27.9. The molecule has 0 radical (unpaired) electrons. The van der Waals surface area contributed by atoms with Gasteiger partial charge in [0.1, 0.15) is 18.0 Å². The minimum Gasteiger partial charge on any atom is -0.508 e. The van der Waals surface area contributed by atoms with Crippen molar-refractivity contribution in [2.45, 2.75) is 152 Å². The molecule has 4 aromatic rings. The topological polar surface area (TPSA) is 290 Å². The monoisotopic (exact) mass is 1130 g/mol. The number of aliphatic hydroxyl groups is 6. The lowest BCUT2D eigenvalue weighted by Crippen LogP contribution is -2.59. The van der Waals surface area contributed by atoms with Gasteiger partial charge in [0.2, 0.25) is 5.91 Å². The van der Waals surface area contributed by atoms with Gasteiger partial charge in [-0.2, -0.15) is 0 Å². The highest BCUT2D eigenvalue weighted by Gasteiger charge is 2.64. The van der Waals surface area contributed by atoms with Crippen molar-refractivity contribution < 1.29 is 45.3 Å². The molecule has 4 aromatic carbocycles. The molecule has 444 valence electrons. The van der Waals surface area contributed by atoms with E-state index in [0.29, 0.717) is 71.9 Å². The summed E-state index contributed by atoms with van der Waals surface area (Å²) in [6, 6.07) is 29.3. The van der Waals surface area contributed by atoms with Crippen LogP contribution in [0.15, 0.2) is 161 Å². The highest BCUT2D eigenvalue weighted by atomic mass is 16.3. The number of phenols is 1. The van der Waals surface area contributed by atoms with Crippen molar-refractivity contribution in [3.63, 3.8) is 0 Å². The lowest BCUT2D eigenvalue weighted by Gasteiger charge is -2.56. The van der Waals surface area contributed by atoms with Crippen molar-refractivity contribution in [3.05, 3.63) is 195 Å². The number of guanidine groups is 1. The van der Waals surface area contributed by atoms with E-state index >= 15 is 4.79 Å². The van der Waals surface area contributed by atoms with Crippen molar-refractivity contribution in [1.29, 1.82) is 0 Å². The maximum Gasteiger partial charge on any atom is 0.243 e. The first-order chi connectivity index (χ1) is 39.7. The largest absolute Gasteiger partial charge is 0.508 e. The Morgan fingerprint density at radius 1 is 0.928 bits per heavy atom. The minimum atomic E-state index is -1.42. The lowest BCUT2D eigenvalue weighted by molar-refractivity contribution is -0.168. The van der Waals surface area contributed by atoms with Gasteiger partial charge in [0, 0.05) is 36.8 Å². The zero-order valence-electron chi connectivity index (χ0n) is 48.5. The SMILES string of the molecule is C=C(/C=C/C=C(/CO)[C@H]1CC[C@@]2([C@@H]3CC[C@H](O)Cc4cccc(c4)C[C@H]([C@H](CN=C(N)N)c4ccc(O)cc4)[C@H](O)CN[C@H]4C(=O)N[C@H](N)c5cccc(c54)CC(=O)/C(C)=C/3CC[C@@]2(C)O)[C@@H]1O)[C@H](O)C/C=C(/C)CCCc1ccccc1. The normalized spacial score (nSPS) is 29.1. The smallest absolute Gasteiger partial charge is 0.243 e. The quantitative estimate of drug-likeness (QED) is 0.0243. The van der Waals surface area contributed by atoms with E-state index in [4.69, 9.17) is 17.2 Å². The van der Waals surface area contributed by atoms with Crippen LogP contribution in [0.5, 0.6) is 5.75 Å². The third-order valence-electron chi connectivity index (χ3n) is 18.7. The summed E-state index contributed by atoms with van der Waals surface area (Å²) in [5, 5.41) is 88.8. The highest BCUT2D eigenvalue weighted by molar-refractivity contribution is 5.98. The van der Waals surface area contributed by atoms with Gasteiger partial charge in [-0.15, -0.1) is 0 Å². The van der Waals surface area contributed by atoms with E-state index in [1.165, 1.54) is 11.1 Å². The number of aryl methyl sites for hydroxylation is 1. The number of nitrogens with one attached hydrogen (secondary N) is 2. The predicted octanol–water partition coefficient (Wildman–Crippen LogP) is 7.18. The number of nitrogens with two attached hydrogens (primary N) is 3. The zero-order valence-corrected chi connectivity index (χ0v) is 48.5. The molecular formula is C68H88N6O9. The molecule has 2 fully saturated rings. The Balaban J connectivity index is 1.11. The van der Waals surface area contributed by atoms with Gasteiger partial charge in [0.05, 0.1) is 36.6 Å². The number of ketones is 1. The highest BCUT2D eigenvalue weighted by Crippen LogP contribution is 2.63. The maximum atomic E-state index is 15.1. The molecule has 2 aliphatic heterocycles. The molecule has 15 heteroatoms. The molecule has 1 amide bonds. The summed E-state index contributed by atoms with van der Waals surface area (Å²) in [5.74, 6) is -2.87. The molecule has 0 unspecified atom stereocenters. The first-order valence-electron chi connectivity index (χ1n) is 29.6. The third-order valence-corrected chi connectivity index (χ3v) is 18.7. The van der Waals surface area contributed by atoms with Crippen molar-refractivity contribution >= 4 is 17.6 Å². The van der Waals surface area contributed by atoms with E-state index in [-0.39, 0.29) is 62.9 Å². The zero-order chi connectivity index (χ0) is 59.6. The van der Waals surface area contributed by atoms with Crippen LogP contribution in [0.1, 0.15) is 136 Å². The summed E-state index contributed by atoms with van der Waals surface area (Å²) >= 11 is 0. The molecule has 15 N–H and O–H groups in total. The van der Waals surface area contributed by atoms with E-state index in [1.807, 2.05) is 60.7 Å². The van der Waals surface area contributed by atoms with E-state index in [2.05, 4.69) is 47.3 Å². The average molecular weight is 1130 g/mol. The molecule has 2 aliphatic carbocycles. The summed E-state index contributed by atoms with van der Waals surface area (Å²) in [5.41, 5.74) is 24.9. The molecule has 12 atom stereocenters. The van der Waals surface area contributed by atoms with E-state index in [1.54, 1.807) is 56.3 Å². The van der Waals surface area contributed by atoms with Gasteiger partial charge < -0.3 is 58.3 Å². The van der Waals surface area contributed by atoms with Crippen LogP contribution in [-0.2, 0) is 35.3 Å².